The van der Waals surface area contributed by atoms with Crippen molar-refractivity contribution in [2.24, 2.45) is 0 Å². The normalized spacial score (nSPS) is 12.3. The Labute approximate surface area is 144 Å². The molecule has 0 amide bonds. The zero-order valence-corrected chi connectivity index (χ0v) is 14.3. The molecular weight excluding hydrogens is 349 g/mol. The van der Waals surface area contributed by atoms with Crippen molar-refractivity contribution >= 4 is 27.5 Å². The van der Waals surface area contributed by atoms with Crippen molar-refractivity contribution in [1.82, 2.24) is 0 Å². The molecule has 0 aliphatic rings. The van der Waals surface area contributed by atoms with Gasteiger partial charge >= 0.3 is 5.97 Å². The molecule has 2 aromatic rings. The third kappa shape index (κ3) is 5.12. The number of rotatable bonds is 6. The Morgan fingerprint density at radius 3 is 2.24 bits per heavy atom. The second-order valence-electron chi connectivity index (χ2n) is 5.34. The Morgan fingerprint density at radius 2 is 1.68 bits per heavy atom. The first-order valence-electron chi connectivity index (χ1n) is 7.25. The SMILES string of the molecule is C[C@@H](OC(=O)c1ccccc1F)C(=O)c1ccc(NS(C)(=O)=O)cc1. The fraction of sp³-hybridized carbons (Fsp3) is 0.176. The van der Waals surface area contributed by atoms with Crippen molar-refractivity contribution in [3.8, 4) is 0 Å². The summed E-state index contributed by atoms with van der Waals surface area (Å²) in [6.07, 6.45) is -0.114. The maximum absolute atomic E-state index is 13.6. The van der Waals surface area contributed by atoms with E-state index in [1.165, 1.54) is 49.4 Å². The number of ether oxygens (including phenoxy) is 1. The van der Waals surface area contributed by atoms with Crippen LogP contribution in [0.4, 0.5) is 10.1 Å². The second kappa shape index (κ2) is 7.43. The highest BCUT2D eigenvalue weighted by molar-refractivity contribution is 7.92. The van der Waals surface area contributed by atoms with Gasteiger partial charge in [0.2, 0.25) is 15.8 Å². The van der Waals surface area contributed by atoms with E-state index in [9.17, 15) is 22.4 Å². The molecule has 0 saturated heterocycles. The number of Topliss-reactive ketones (excluding diaryl/α,β-unsaturated/α-hetero) is 1. The van der Waals surface area contributed by atoms with Crippen LogP contribution < -0.4 is 4.72 Å². The molecule has 6 nitrogen and oxygen atoms in total. The third-order valence-corrected chi connectivity index (χ3v) is 3.83. The molecule has 0 fully saturated rings. The van der Waals surface area contributed by atoms with E-state index in [-0.39, 0.29) is 11.1 Å². The lowest BCUT2D eigenvalue weighted by atomic mass is 10.1. The van der Waals surface area contributed by atoms with Gasteiger partial charge in [0.25, 0.3) is 0 Å². The van der Waals surface area contributed by atoms with E-state index in [0.29, 0.717) is 5.69 Å². The summed E-state index contributed by atoms with van der Waals surface area (Å²) >= 11 is 0. The van der Waals surface area contributed by atoms with E-state index in [4.69, 9.17) is 4.74 Å². The Kier molecular flexibility index (Phi) is 5.53. The largest absolute Gasteiger partial charge is 0.451 e. The van der Waals surface area contributed by atoms with Crippen LogP contribution in [0, 0.1) is 5.82 Å². The zero-order valence-electron chi connectivity index (χ0n) is 13.5. The van der Waals surface area contributed by atoms with Gasteiger partial charge < -0.3 is 4.74 Å². The predicted octanol–water partition coefficient (Wildman–Crippen LogP) is 2.63. The molecule has 132 valence electrons. The molecule has 1 atom stereocenters. The zero-order chi connectivity index (χ0) is 18.6. The number of halogens is 1. The van der Waals surface area contributed by atoms with Crippen molar-refractivity contribution in [3.63, 3.8) is 0 Å². The van der Waals surface area contributed by atoms with Crippen molar-refractivity contribution < 1.29 is 27.1 Å². The van der Waals surface area contributed by atoms with Gasteiger partial charge in [0.15, 0.2) is 6.10 Å². The maximum Gasteiger partial charge on any atom is 0.341 e. The number of hydrogen-bond donors (Lipinski definition) is 1. The standard InChI is InChI=1S/C17H16FNO5S/c1-11(24-17(21)14-5-3-4-6-15(14)18)16(20)12-7-9-13(10-8-12)19-25(2,22)23/h3-11,19H,1-2H3/t11-/m1/s1. The summed E-state index contributed by atoms with van der Waals surface area (Å²) in [5, 5.41) is 0. The minimum Gasteiger partial charge on any atom is -0.451 e. The average molecular weight is 365 g/mol. The van der Waals surface area contributed by atoms with E-state index in [1.54, 1.807) is 0 Å². The molecule has 8 heteroatoms. The minimum atomic E-state index is -3.42. The molecule has 0 saturated carbocycles. The number of benzene rings is 2. The van der Waals surface area contributed by atoms with E-state index in [0.717, 1.165) is 12.3 Å². The van der Waals surface area contributed by atoms with Gasteiger partial charge in [-0.15, -0.1) is 0 Å². The first kappa shape index (κ1) is 18.6. The molecule has 0 heterocycles. The van der Waals surface area contributed by atoms with Crippen LogP contribution in [-0.4, -0.2) is 32.5 Å². The summed E-state index contributed by atoms with van der Waals surface area (Å²) in [4.78, 5) is 24.2. The predicted molar refractivity (Wildman–Crippen MR) is 90.5 cm³/mol. The van der Waals surface area contributed by atoms with Crippen LogP contribution in [0.3, 0.4) is 0 Å². The van der Waals surface area contributed by atoms with Gasteiger partial charge in [-0.2, -0.15) is 0 Å². The minimum absolute atomic E-state index is 0.230. The van der Waals surface area contributed by atoms with E-state index >= 15 is 0 Å². The molecule has 0 aliphatic heterocycles. The van der Waals surface area contributed by atoms with Crippen LogP contribution in [0.5, 0.6) is 0 Å². The Hall–Kier alpha value is -2.74. The van der Waals surface area contributed by atoms with Gasteiger partial charge in [0.1, 0.15) is 5.82 Å². The molecule has 25 heavy (non-hydrogen) atoms. The van der Waals surface area contributed by atoms with Gasteiger partial charge in [0, 0.05) is 11.3 Å². The summed E-state index contributed by atoms with van der Waals surface area (Å²) in [7, 11) is -3.42. The summed E-state index contributed by atoms with van der Waals surface area (Å²) in [6, 6.07) is 11.0. The van der Waals surface area contributed by atoms with Gasteiger partial charge in [0.05, 0.1) is 11.8 Å². The molecular formula is C17H16FNO5S. The highest BCUT2D eigenvalue weighted by atomic mass is 32.2. The number of esters is 1. The van der Waals surface area contributed by atoms with Crippen molar-refractivity contribution in [3.05, 3.63) is 65.5 Å². The first-order valence-corrected chi connectivity index (χ1v) is 9.14. The molecule has 0 aliphatic carbocycles. The van der Waals surface area contributed by atoms with Crippen LogP contribution in [0.15, 0.2) is 48.5 Å². The Balaban J connectivity index is 2.07. The van der Waals surface area contributed by atoms with Crippen LogP contribution in [0.25, 0.3) is 0 Å². The number of nitrogens with one attached hydrogen (secondary N) is 1. The number of ketones is 1. The monoisotopic (exact) mass is 365 g/mol. The smallest absolute Gasteiger partial charge is 0.341 e. The highest BCUT2D eigenvalue weighted by Crippen LogP contribution is 2.15. The molecule has 1 N–H and O–H groups in total. The fourth-order valence-corrected chi connectivity index (χ4v) is 2.62. The summed E-state index contributed by atoms with van der Waals surface area (Å²) in [5.41, 5.74) is 0.276. The molecule has 0 bridgehead atoms. The van der Waals surface area contributed by atoms with Crippen LogP contribution >= 0.6 is 0 Å². The molecule has 0 spiro atoms. The molecule has 0 aromatic heterocycles. The van der Waals surface area contributed by atoms with Crippen molar-refractivity contribution in [2.75, 3.05) is 11.0 Å². The van der Waals surface area contributed by atoms with Crippen LogP contribution in [-0.2, 0) is 14.8 Å². The number of carbonyl (C=O) groups is 2. The third-order valence-electron chi connectivity index (χ3n) is 3.22. The van der Waals surface area contributed by atoms with Crippen molar-refractivity contribution in [2.45, 2.75) is 13.0 Å². The van der Waals surface area contributed by atoms with Crippen molar-refractivity contribution in [1.29, 1.82) is 0 Å². The number of sulfonamides is 1. The lowest BCUT2D eigenvalue weighted by Gasteiger charge is -2.13. The second-order valence-corrected chi connectivity index (χ2v) is 7.09. The van der Waals surface area contributed by atoms with Gasteiger partial charge in [-0.25, -0.2) is 17.6 Å². The van der Waals surface area contributed by atoms with Gasteiger partial charge in [-0.3, -0.25) is 9.52 Å². The fourth-order valence-electron chi connectivity index (χ4n) is 2.06. The quantitative estimate of drug-likeness (QED) is 0.628. The average Bonchev–Trinajstić information content (AvgIpc) is 2.53. The summed E-state index contributed by atoms with van der Waals surface area (Å²) in [6.45, 7) is 1.38. The lowest BCUT2D eigenvalue weighted by molar-refractivity contribution is 0.0314. The number of hydrogen-bond acceptors (Lipinski definition) is 5. The van der Waals surface area contributed by atoms with E-state index in [2.05, 4.69) is 4.72 Å². The number of carbonyl (C=O) groups excluding carboxylic acids is 2. The lowest BCUT2D eigenvalue weighted by Crippen LogP contribution is -2.25. The van der Waals surface area contributed by atoms with E-state index < -0.39 is 33.7 Å². The van der Waals surface area contributed by atoms with Crippen LogP contribution in [0.1, 0.15) is 27.6 Å². The maximum atomic E-state index is 13.6. The molecule has 2 rings (SSSR count). The van der Waals surface area contributed by atoms with Gasteiger partial charge in [-0.05, 0) is 43.3 Å². The first-order chi connectivity index (χ1) is 11.7. The molecule has 2 aromatic carbocycles. The summed E-state index contributed by atoms with van der Waals surface area (Å²) in [5.74, 6) is -2.16. The summed E-state index contributed by atoms with van der Waals surface area (Å²) < 4.78 is 43.1. The van der Waals surface area contributed by atoms with Gasteiger partial charge in [-0.1, -0.05) is 12.1 Å². The van der Waals surface area contributed by atoms with E-state index in [1.807, 2.05) is 0 Å². The van der Waals surface area contributed by atoms with Crippen LogP contribution in [0.2, 0.25) is 0 Å². The Bertz CT molecular complexity index is 894. The number of anilines is 1. The topological polar surface area (TPSA) is 89.5 Å². The molecule has 0 radical (unpaired) electrons. The highest BCUT2D eigenvalue weighted by Gasteiger charge is 2.22. The Morgan fingerprint density at radius 1 is 1.08 bits per heavy atom. The molecule has 0 unspecified atom stereocenters.